The highest BCUT2D eigenvalue weighted by Crippen LogP contribution is 2.36. The standard InChI is InChI=1S/C13H9Cl2FO/c14-11-2-1-3-12(15)13(11)10-6-9(16)5-4-8(10)7-17/h1-6,17H,7H2. The van der Waals surface area contributed by atoms with Gasteiger partial charge in [0.05, 0.1) is 6.61 Å². The van der Waals surface area contributed by atoms with E-state index < -0.39 is 5.82 Å². The van der Waals surface area contributed by atoms with Gasteiger partial charge >= 0.3 is 0 Å². The van der Waals surface area contributed by atoms with E-state index in [-0.39, 0.29) is 6.61 Å². The van der Waals surface area contributed by atoms with E-state index in [0.717, 1.165) is 0 Å². The number of aliphatic hydroxyl groups is 1. The predicted octanol–water partition coefficient (Wildman–Crippen LogP) is 4.29. The van der Waals surface area contributed by atoms with Gasteiger partial charge in [-0.3, -0.25) is 0 Å². The molecule has 0 saturated heterocycles. The predicted molar refractivity (Wildman–Crippen MR) is 67.8 cm³/mol. The van der Waals surface area contributed by atoms with Crippen molar-refractivity contribution >= 4 is 23.2 Å². The molecule has 0 bridgehead atoms. The van der Waals surface area contributed by atoms with Crippen LogP contribution < -0.4 is 0 Å². The van der Waals surface area contributed by atoms with E-state index in [2.05, 4.69) is 0 Å². The topological polar surface area (TPSA) is 20.2 Å². The molecule has 88 valence electrons. The van der Waals surface area contributed by atoms with Gasteiger partial charge in [-0.1, -0.05) is 35.3 Å². The minimum absolute atomic E-state index is 0.197. The molecule has 0 spiro atoms. The largest absolute Gasteiger partial charge is 0.392 e. The van der Waals surface area contributed by atoms with Crippen LogP contribution >= 0.6 is 23.2 Å². The Morgan fingerprint density at radius 2 is 1.71 bits per heavy atom. The summed E-state index contributed by atoms with van der Waals surface area (Å²) in [5.74, 6) is -0.395. The first-order chi connectivity index (χ1) is 8.13. The maximum absolute atomic E-state index is 13.3. The van der Waals surface area contributed by atoms with Gasteiger partial charge in [0.2, 0.25) is 0 Å². The summed E-state index contributed by atoms with van der Waals surface area (Å²) in [6, 6.07) is 9.19. The Kier molecular flexibility index (Phi) is 3.67. The summed E-state index contributed by atoms with van der Waals surface area (Å²) < 4.78 is 13.3. The van der Waals surface area contributed by atoms with Crippen LogP contribution in [-0.2, 0) is 6.61 Å². The monoisotopic (exact) mass is 270 g/mol. The molecule has 1 N–H and O–H groups in total. The molecule has 2 aromatic rings. The van der Waals surface area contributed by atoms with E-state index in [1.165, 1.54) is 18.2 Å². The van der Waals surface area contributed by atoms with E-state index in [9.17, 15) is 9.50 Å². The SMILES string of the molecule is OCc1ccc(F)cc1-c1c(Cl)cccc1Cl. The Bertz CT molecular complexity index is 535. The van der Waals surface area contributed by atoms with Crippen LogP contribution in [-0.4, -0.2) is 5.11 Å². The Morgan fingerprint density at radius 1 is 1.06 bits per heavy atom. The third kappa shape index (κ3) is 2.44. The van der Waals surface area contributed by atoms with E-state index in [1.807, 2.05) is 0 Å². The molecule has 1 nitrogen and oxygen atoms in total. The molecule has 2 aromatic carbocycles. The van der Waals surface area contributed by atoms with Crippen molar-refractivity contribution in [1.29, 1.82) is 0 Å². The third-order valence-corrected chi connectivity index (χ3v) is 3.10. The molecule has 0 aromatic heterocycles. The number of aliphatic hydroxyl groups excluding tert-OH is 1. The molecule has 17 heavy (non-hydrogen) atoms. The van der Waals surface area contributed by atoms with Gasteiger partial charge in [-0.15, -0.1) is 0 Å². The normalized spacial score (nSPS) is 10.6. The summed E-state index contributed by atoms with van der Waals surface area (Å²) in [7, 11) is 0. The average molecular weight is 271 g/mol. The molecular formula is C13H9Cl2FO. The second-order valence-electron chi connectivity index (χ2n) is 3.56. The molecule has 2 rings (SSSR count). The van der Waals surface area contributed by atoms with Gasteiger partial charge in [0.25, 0.3) is 0 Å². The fraction of sp³-hybridized carbons (Fsp3) is 0.0769. The van der Waals surface area contributed by atoms with Crippen LogP contribution in [0.1, 0.15) is 5.56 Å². The highest BCUT2D eigenvalue weighted by atomic mass is 35.5. The van der Waals surface area contributed by atoms with Crippen molar-refractivity contribution in [3.05, 3.63) is 57.8 Å². The highest BCUT2D eigenvalue weighted by molar-refractivity contribution is 6.39. The molecule has 0 amide bonds. The van der Waals surface area contributed by atoms with Crippen molar-refractivity contribution in [2.45, 2.75) is 6.61 Å². The Hall–Kier alpha value is -1.09. The molecule has 0 heterocycles. The van der Waals surface area contributed by atoms with Crippen LogP contribution in [0.15, 0.2) is 36.4 Å². The quantitative estimate of drug-likeness (QED) is 0.863. The van der Waals surface area contributed by atoms with E-state index in [4.69, 9.17) is 23.2 Å². The Morgan fingerprint density at radius 3 is 2.29 bits per heavy atom. The summed E-state index contributed by atoms with van der Waals surface area (Å²) in [5.41, 5.74) is 1.64. The molecule has 0 fully saturated rings. The van der Waals surface area contributed by atoms with Gasteiger partial charge in [0, 0.05) is 15.6 Å². The van der Waals surface area contributed by atoms with Gasteiger partial charge in [0.1, 0.15) is 5.82 Å². The summed E-state index contributed by atoms with van der Waals surface area (Å²) in [5, 5.41) is 10.1. The van der Waals surface area contributed by atoms with Crippen molar-refractivity contribution in [1.82, 2.24) is 0 Å². The summed E-state index contributed by atoms with van der Waals surface area (Å²) >= 11 is 12.1. The lowest BCUT2D eigenvalue weighted by Gasteiger charge is -2.11. The second kappa shape index (κ2) is 5.05. The zero-order valence-electron chi connectivity index (χ0n) is 8.75. The zero-order valence-corrected chi connectivity index (χ0v) is 10.3. The number of hydrogen-bond donors (Lipinski definition) is 1. The molecule has 0 unspecified atom stereocenters. The van der Waals surface area contributed by atoms with Crippen LogP contribution in [0.25, 0.3) is 11.1 Å². The second-order valence-corrected chi connectivity index (χ2v) is 4.37. The number of rotatable bonds is 2. The number of benzene rings is 2. The van der Waals surface area contributed by atoms with E-state index in [1.54, 1.807) is 18.2 Å². The molecule has 4 heteroatoms. The summed E-state index contributed by atoms with van der Waals surface area (Å²) in [6.07, 6.45) is 0. The lowest BCUT2D eigenvalue weighted by Crippen LogP contribution is -1.92. The van der Waals surface area contributed by atoms with Crippen molar-refractivity contribution in [2.75, 3.05) is 0 Å². The van der Waals surface area contributed by atoms with Crippen molar-refractivity contribution in [2.24, 2.45) is 0 Å². The van der Waals surface area contributed by atoms with Crippen molar-refractivity contribution < 1.29 is 9.50 Å². The maximum atomic E-state index is 13.3. The van der Waals surface area contributed by atoms with Crippen molar-refractivity contribution in [3.63, 3.8) is 0 Å². The lowest BCUT2D eigenvalue weighted by atomic mass is 10.00. The van der Waals surface area contributed by atoms with Gasteiger partial charge in [-0.25, -0.2) is 4.39 Å². The lowest BCUT2D eigenvalue weighted by molar-refractivity contribution is 0.282. The van der Waals surface area contributed by atoms with Crippen LogP contribution in [0.4, 0.5) is 4.39 Å². The molecule has 0 atom stereocenters. The smallest absolute Gasteiger partial charge is 0.123 e. The summed E-state index contributed by atoms with van der Waals surface area (Å²) in [4.78, 5) is 0. The third-order valence-electron chi connectivity index (χ3n) is 2.47. The molecule has 0 aliphatic carbocycles. The fourth-order valence-corrected chi connectivity index (χ4v) is 2.28. The minimum Gasteiger partial charge on any atom is -0.392 e. The fourth-order valence-electron chi connectivity index (χ4n) is 1.67. The number of hydrogen-bond acceptors (Lipinski definition) is 1. The highest BCUT2D eigenvalue weighted by Gasteiger charge is 2.12. The van der Waals surface area contributed by atoms with Crippen LogP contribution in [0.5, 0.6) is 0 Å². The van der Waals surface area contributed by atoms with Gasteiger partial charge in [0.15, 0.2) is 0 Å². The Balaban J connectivity index is 2.71. The van der Waals surface area contributed by atoms with Crippen LogP contribution in [0.3, 0.4) is 0 Å². The van der Waals surface area contributed by atoms with Crippen LogP contribution in [0, 0.1) is 5.82 Å². The van der Waals surface area contributed by atoms with E-state index in [0.29, 0.717) is 26.7 Å². The maximum Gasteiger partial charge on any atom is 0.123 e. The van der Waals surface area contributed by atoms with Gasteiger partial charge < -0.3 is 5.11 Å². The first-order valence-corrected chi connectivity index (χ1v) is 5.72. The first kappa shape index (κ1) is 12.4. The van der Waals surface area contributed by atoms with Crippen molar-refractivity contribution in [3.8, 4) is 11.1 Å². The van der Waals surface area contributed by atoms with Gasteiger partial charge in [-0.05, 0) is 35.4 Å². The molecule has 0 saturated carbocycles. The molecular weight excluding hydrogens is 262 g/mol. The molecule has 0 radical (unpaired) electrons. The average Bonchev–Trinajstić information content (AvgIpc) is 2.29. The zero-order chi connectivity index (χ0) is 12.4. The molecule has 0 aliphatic heterocycles. The molecule has 0 aliphatic rings. The Labute approximate surface area is 108 Å². The minimum atomic E-state index is -0.395. The van der Waals surface area contributed by atoms with Crippen LogP contribution in [0.2, 0.25) is 10.0 Å². The summed E-state index contributed by atoms with van der Waals surface area (Å²) in [6.45, 7) is -0.197. The van der Waals surface area contributed by atoms with E-state index >= 15 is 0 Å². The number of halogens is 3. The first-order valence-electron chi connectivity index (χ1n) is 4.97. The van der Waals surface area contributed by atoms with Gasteiger partial charge in [-0.2, -0.15) is 0 Å².